The van der Waals surface area contributed by atoms with E-state index in [0.29, 0.717) is 19.6 Å². The van der Waals surface area contributed by atoms with Gasteiger partial charge in [0, 0.05) is 45.2 Å². The van der Waals surface area contributed by atoms with Crippen molar-refractivity contribution in [1.82, 2.24) is 4.90 Å². The second kappa shape index (κ2) is 11.2. The molecule has 1 saturated heterocycles. The van der Waals surface area contributed by atoms with E-state index >= 15 is 0 Å². The topological polar surface area (TPSA) is 45.5 Å². The molecule has 0 N–H and O–H groups in total. The predicted molar refractivity (Wildman–Crippen MR) is 97.4 cm³/mol. The summed E-state index contributed by atoms with van der Waals surface area (Å²) in [5.41, 5.74) is 1.28. The Morgan fingerprint density at radius 3 is 2.33 bits per heavy atom. The molecule has 1 fully saturated rings. The van der Waals surface area contributed by atoms with Gasteiger partial charge in [-0.05, 0) is 19.4 Å². The zero-order valence-corrected chi connectivity index (χ0v) is 15.6. The molecule has 0 radical (unpaired) electrons. The van der Waals surface area contributed by atoms with E-state index < -0.39 is 5.79 Å². The standard InChI is InChI=1S/C18H26N2O2.C2H6/c1-3-21-18(22-4-2)11-13-20(17(14-18)10-12-19)15-16-8-6-5-7-9-16;1-2/h5-9,17H,3-4,10-11,13-15H2,1-2H3;1-2H3. The molecule has 1 aliphatic heterocycles. The van der Waals surface area contributed by atoms with Crippen molar-refractivity contribution in [3.63, 3.8) is 0 Å². The summed E-state index contributed by atoms with van der Waals surface area (Å²) in [5, 5.41) is 9.17. The number of hydrogen-bond donors (Lipinski definition) is 0. The molecular weight excluding hydrogens is 300 g/mol. The minimum absolute atomic E-state index is 0.178. The summed E-state index contributed by atoms with van der Waals surface area (Å²) in [6, 6.07) is 12.9. The number of ether oxygens (including phenoxy) is 2. The largest absolute Gasteiger partial charge is 0.350 e. The van der Waals surface area contributed by atoms with E-state index in [9.17, 15) is 5.26 Å². The van der Waals surface area contributed by atoms with Gasteiger partial charge in [0.05, 0.1) is 12.5 Å². The van der Waals surface area contributed by atoms with Crippen LogP contribution in [0.15, 0.2) is 30.3 Å². The number of nitrogens with zero attached hydrogens (tertiary/aromatic N) is 2. The molecular formula is C20H32N2O2. The highest BCUT2D eigenvalue weighted by molar-refractivity contribution is 5.15. The smallest absolute Gasteiger partial charge is 0.170 e. The Morgan fingerprint density at radius 1 is 1.17 bits per heavy atom. The van der Waals surface area contributed by atoms with Gasteiger partial charge < -0.3 is 9.47 Å². The molecule has 0 spiro atoms. The fraction of sp³-hybridized carbons (Fsp3) is 0.650. The van der Waals surface area contributed by atoms with Crippen LogP contribution in [0.2, 0.25) is 0 Å². The lowest BCUT2D eigenvalue weighted by Crippen LogP contribution is -2.52. The first kappa shape index (κ1) is 20.6. The van der Waals surface area contributed by atoms with Gasteiger partial charge in [-0.25, -0.2) is 0 Å². The third kappa shape index (κ3) is 5.90. The Labute approximate surface area is 147 Å². The van der Waals surface area contributed by atoms with E-state index in [1.807, 2.05) is 33.8 Å². The first-order valence-corrected chi connectivity index (χ1v) is 9.16. The Hall–Kier alpha value is -1.41. The van der Waals surface area contributed by atoms with E-state index in [1.165, 1.54) is 5.56 Å². The van der Waals surface area contributed by atoms with Crippen LogP contribution in [-0.2, 0) is 16.0 Å². The fourth-order valence-corrected chi connectivity index (χ4v) is 3.25. The highest BCUT2D eigenvalue weighted by Crippen LogP contribution is 2.33. The van der Waals surface area contributed by atoms with Crippen LogP contribution in [0.5, 0.6) is 0 Å². The number of benzene rings is 1. The fourth-order valence-electron chi connectivity index (χ4n) is 3.25. The van der Waals surface area contributed by atoms with Gasteiger partial charge in [-0.2, -0.15) is 5.26 Å². The summed E-state index contributed by atoms with van der Waals surface area (Å²) in [4.78, 5) is 2.38. The lowest BCUT2D eigenvalue weighted by atomic mass is 9.93. The maximum absolute atomic E-state index is 9.17. The summed E-state index contributed by atoms with van der Waals surface area (Å²) < 4.78 is 11.9. The number of piperidine rings is 1. The third-order valence-corrected chi connectivity index (χ3v) is 4.21. The lowest BCUT2D eigenvalue weighted by molar-refractivity contribution is -0.261. The maximum Gasteiger partial charge on any atom is 0.170 e. The van der Waals surface area contributed by atoms with Gasteiger partial charge in [0.25, 0.3) is 0 Å². The van der Waals surface area contributed by atoms with Gasteiger partial charge >= 0.3 is 0 Å². The Balaban J connectivity index is 0.00000139. The van der Waals surface area contributed by atoms with Crippen LogP contribution in [-0.4, -0.2) is 36.5 Å². The first-order valence-electron chi connectivity index (χ1n) is 9.16. The number of nitriles is 1. The summed E-state index contributed by atoms with van der Waals surface area (Å²) in [6.45, 7) is 11.0. The average Bonchev–Trinajstić information content (AvgIpc) is 2.61. The molecule has 0 bridgehead atoms. The zero-order chi connectivity index (χ0) is 17.8. The minimum Gasteiger partial charge on any atom is -0.350 e. The van der Waals surface area contributed by atoms with Crippen LogP contribution in [0.1, 0.15) is 52.5 Å². The third-order valence-electron chi connectivity index (χ3n) is 4.21. The second-order valence-corrected chi connectivity index (χ2v) is 5.70. The molecule has 0 amide bonds. The van der Waals surface area contributed by atoms with E-state index in [2.05, 4.69) is 35.2 Å². The van der Waals surface area contributed by atoms with Crippen molar-refractivity contribution >= 4 is 0 Å². The Morgan fingerprint density at radius 2 is 1.79 bits per heavy atom. The van der Waals surface area contributed by atoms with Gasteiger partial charge in [0.15, 0.2) is 5.79 Å². The quantitative estimate of drug-likeness (QED) is 0.696. The zero-order valence-electron chi connectivity index (χ0n) is 15.6. The predicted octanol–water partition coefficient (Wildman–Crippen LogP) is 4.36. The Kier molecular flexibility index (Phi) is 9.63. The van der Waals surface area contributed by atoms with Gasteiger partial charge in [0.2, 0.25) is 0 Å². The molecule has 1 atom stereocenters. The monoisotopic (exact) mass is 332 g/mol. The van der Waals surface area contributed by atoms with Crippen molar-refractivity contribution in [1.29, 1.82) is 5.26 Å². The second-order valence-electron chi connectivity index (χ2n) is 5.70. The maximum atomic E-state index is 9.17. The lowest BCUT2D eigenvalue weighted by Gasteiger charge is -2.45. The molecule has 1 aliphatic rings. The van der Waals surface area contributed by atoms with E-state index in [4.69, 9.17) is 9.47 Å². The van der Waals surface area contributed by atoms with E-state index in [1.54, 1.807) is 0 Å². The van der Waals surface area contributed by atoms with E-state index in [-0.39, 0.29) is 6.04 Å². The van der Waals surface area contributed by atoms with Gasteiger partial charge in [-0.3, -0.25) is 4.90 Å². The number of rotatable bonds is 7. The van der Waals surface area contributed by atoms with Gasteiger partial charge in [-0.1, -0.05) is 44.2 Å². The molecule has 24 heavy (non-hydrogen) atoms. The first-order chi connectivity index (χ1) is 11.7. The highest BCUT2D eigenvalue weighted by Gasteiger charge is 2.41. The van der Waals surface area contributed by atoms with Crippen molar-refractivity contribution in [3.05, 3.63) is 35.9 Å². The molecule has 1 unspecified atom stereocenters. The molecule has 0 aromatic heterocycles. The molecule has 1 aromatic carbocycles. The van der Waals surface area contributed by atoms with E-state index in [0.717, 1.165) is 25.9 Å². The number of hydrogen-bond acceptors (Lipinski definition) is 4. The molecule has 4 heteroatoms. The van der Waals surface area contributed by atoms with Crippen LogP contribution in [0, 0.1) is 11.3 Å². The summed E-state index contributed by atoms with van der Waals surface area (Å²) in [7, 11) is 0. The van der Waals surface area contributed by atoms with Crippen LogP contribution in [0.25, 0.3) is 0 Å². The van der Waals surface area contributed by atoms with Crippen LogP contribution < -0.4 is 0 Å². The average molecular weight is 332 g/mol. The van der Waals surface area contributed by atoms with Crippen LogP contribution in [0.4, 0.5) is 0 Å². The highest BCUT2D eigenvalue weighted by atomic mass is 16.7. The molecule has 0 saturated carbocycles. The normalized spacial score (nSPS) is 19.9. The molecule has 134 valence electrons. The number of likely N-dealkylation sites (tertiary alicyclic amines) is 1. The van der Waals surface area contributed by atoms with Gasteiger partial charge in [-0.15, -0.1) is 0 Å². The molecule has 4 nitrogen and oxygen atoms in total. The summed E-state index contributed by atoms with van der Waals surface area (Å²) in [5.74, 6) is -0.516. The Bertz CT molecular complexity index is 478. The van der Waals surface area contributed by atoms with Crippen LogP contribution >= 0.6 is 0 Å². The SMILES string of the molecule is CC.CCOC1(OCC)CCN(Cc2ccccc2)C(CC#N)C1. The molecule has 0 aliphatic carbocycles. The minimum atomic E-state index is -0.516. The van der Waals surface area contributed by atoms with Crippen molar-refractivity contribution in [2.24, 2.45) is 0 Å². The molecule has 1 aromatic rings. The van der Waals surface area contributed by atoms with Gasteiger partial charge in [0.1, 0.15) is 0 Å². The molecule has 2 rings (SSSR count). The van der Waals surface area contributed by atoms with Crippen molar-refractivity contribution in [3.8, 4) is 6.07 Å². The molecule has 1 heterocycles. The van der Waals surface area contributed by atoms with Crippen molar-refractivity contribution in [2.45, 2.75) is 65.3 Å². The summed E-state index contributed by atoms with van der Waals surface area (Å²) in [6.07, 6.45) is 2.12. The van der Waals surface area contributed by atoms with Crippen molar-refractivity contribution < 1.29 is 9.47 Å². The van der Waals surface area contributed by atoms with Crippen LogP contribution in [0.3, 0.4) is 0 Å². The summed E-state index contributed by atoms with van der Waals surface area (Å²) >= 11 is 0. The van der Waals surface area contributed by atoms with Crippen molar-refractivity contribution in [2.75, 3.05) is 19.8 Å².